The van der Waals surface area contributed by atoms with Gasteiger partial charge in [-0.15, -0.1) is 0 Å². The quantitative estimate of drug-likeness (QED) is 0.550. The Morgan fingerprint density at radius 2 is 1.62 bits per heavy atom. The van der Waals surface area contributed by atoms with Crippen LogP contribution in [0.2, 0.25) is 5.02 Å². The van der Waals surface area contributed by atoms with Crippen LogP contribution in [0.3, 0.4) is 0 Å². The summed E-state index contributed by atoms with van der Waals surface area (Å²) < 4.78 is 5.70. The van der Waals surface area contributed by atoms with Crippen molar-refractivity contribution in [3.8, 4) is 0 Å². The third kappa shape index (κ3) is 4.23. The first kappa shape index (κ1) is 22.3. The Morgan fingerprint density at radius 1 is 0.906 bits per heavy atom. The van der Waals surface area contributed by atoms with Crippen LogP contribution in [-0.4, -0.2) is 51.4 Å². The minimum Gasteiger partial charge on any atom is -0.394 e. The standard InChI is InChI=1S/C26H31ClO5/c27-20-6-5-17(25-24(31)23(30)22(29)21(14-28)32-25)12-19(20)11-15-1-3-16(4-2-15)18-7-8-26(13-18)9-10-26/h1-6,12,18,21-25,28-31H,7-11,13-14H2/t18?,21-,22-,23+,24-,25?/m1/s1. The van der Waals surface area contributed by atoms with E-state index in [1.807, 2.05) is 6.07 Å². The maximum Gasteiger partial charge on any atom is 0.113 e. The van der Waals surface area contributed by atoms with Crippen molar-refractivity contribution in [1.29, 1.82) is 0 Å². The number of hydrogen-bond acceptors (Lipinski definition) is 5. The molecule has 6 atom stereocenters. The Balaban J connectivity index is 1.32. The van der Waals surface area contributed by atoms with Gasteiger partial charge in [-0.3, -0.25) is 0 Å². The molecule has 172 valence electrons. The van der Waals surface area contributed by atoms with Crippen LogP contribution in [0.4, 0.5) is 0 Å². The fraction of sp³-hybridized carbons (Fsp3) is 0.538. The van der Waals surface area contributed by atoms with Crippen LogP contribution in [0.15, 0.2) is 42.5 Å². The molecule has 2 unspecified atom stereocenters. The van der Waals surface area contributed by atoms with Crippen LogP contribution in [0, 0.1) is 5.41 Å². The predicted octanol–water partition coefficient (Wildman–Crippen LogP) is 3.49. The van der Waals surface area contributed by atoms with Crippen LogP contribution < -0.4 is 0 Å². The number of ether oxygens (including phenoxy) is 1. The van der Waals surface area contributed by atoms with Crippen molar-refractivity contribution in [3.63, 3.8) is 0 Å². The summed E-state index contributed by atoms with van der Waals surface area (Å²) in [6.45, 7) is -0.448. The molecule has 3 aliphatic rings. The molecule has 1 spiro atoms. The van der Waals surface area contributed by atoms with Gasteiger partial charge >= 0.3 is 0 Å². The monoisotopic (exact) mass is 458 g/mol. The molecular formula is C26H31ClO5. The van der Waals surface area contributed by atoms with E-state index < -0.39 is 37.1 Å². The van der Waals surface area contributed by atoms with Crippen molar-refractivity contribution in [2.24, 2.45) is 5.41 Å². The van der Waals surface area contributed by atoms with E-state index in [2.05, 4.69) is 24.3 Å². The molecule has 1 saturated heterocycles. The lowest BCUT2D eigenvalue weighted by Gasteiger charge is -2.40. The number of rotatable bonds is 5. The van der Waals surface area contributed by atoms with E-state index in [1.165, 1.54) is 37.7 Å². The lowest BCUT2D eigenvalue weighted by molar-refractivity contribution is -0.231. The Kier molecular flexibility index (Phi) is 6.08. The zero-order valence-electron chi connectivity index (χ0n) is 18.0. The summed E-state index contributed by atoms with van der Waals surface area (Å²) in [5.74, 6) is 0.685. The second-order valence-corrected chi connectivity index (χ2v) is 10.4. The minimum absolute atomic E-state index is 0.448. The highest BCUT2D eigenvalue weighted by atomic mass is 35.5. The van der Waals surface area contributed by atoms with Crippen LogP contribution >= 0.6 is 11.6 Å². The number of halogens is 1. The molecule has 0 amide bonds. The van der Waals surface area contributed by atoms with E-state index in [0.717, 1.165) is 11.1 Å². The SMILES string of the molecule is OC[C@H]1OC(c2ccc(Cl)c(Cc3ccc(C4CCC5(CC5)C4)cc3)c2)[C@H](O)[C@@H](O)[C@@H]1O. The molecule has 2 aromatic carbocycles. The molecule has 1 aliphatic heterocycles. The minimum atomic E-state index is -1.40. The van der Waals surface area contributed by atoms with Crippen molar-refractivity contribution in [3.05, 3.63) is 69.7 Å². The van der Waals surface area contributed by atoms with Gasteiger partial charge in [0, 0.05) is 5.02 Å². The molecule has 3 fully saturated rings. The normalized spacial score (nSPS) is 33.5. The zero-order chi connectivity index (χ0) is 22.5. The fourth-order valence-corrected chi connectivity index (χ4v) is 5.72. The van der Waals surface area contributed by atoms with Crippen LogP contribution in [0.5, 0.6) is 0 Å². The molecule has 5 rings (SSSR count). The molecule has 0 bridgehead atoms. The molecule has 1 heterocycles. The lowest BCUT2D eigenvalue weighted by Crippen LogP contribution is -2.55. The highest BCUT2D eigenvalue weighted by molar-refractivity contribution is 6.31. The Hall–Kier alpha value is -1.47. The van der Waals surface area contributed by atoms with Crippen molar-refractivity contribution in [2.45, 2.75) is 75.0 Å². The zero-order valence-corrected chi connectivity index (χ0v) is 18.8. The summed E-state index contributed by atoms with van der Waals surface area (Å²) in [5, 5.41) is 40.7. The molecule has 5 nitrogen and oxygen atoms in total. The van der Waals surface area contributed by atoms with Gasteiger partial charge in [0.1, 0.15) is 30.5 Å². The molecule has 6 heteroatoms. The van der Waals surface area contributed by atoms with E-state index in [0.29, 0.717) is 28.3 Å². The third-order valence-electron chi connectivity index (χ3n) is 7.80. The van der Waals surface area contributed by atoms with Gasteiger partial charge in [-0.25, -0.2) is 0 Å². The van der Waals surface area contributed by atoms with Crippen molar-refractivity contribution in [2.75, 3.05) is 6.61 Å². The van der Waals surface area contributed by atoms with E-state index in [-0.39, 0.29) is 0 Å². The van der Waals surface area contributed by atoms with Crippen LogP contribution in [-0.2, 0) is 11.2 Å². The van der Waals surface area contributed by atoms with E-state index >= 15 is 0 Å². The molecule has 0 aromatic heterocycles. The van der Waals surface area contributed by atoms with E-state index in [9.17, 15) is 20.4 Å². The summed E-state index contributed by atoms with van der Waals surface area (Å²) >= 11 is 6.47. The van der Waals surface area contributed by atoms with Gasteiger partial charge < -0.3 is 25.2 Å². The summed E-state index contributed by atoms with van der Waals surface area (Å²) in [5.41, 5.74) is 4.80. The Bertz CT molecular complexity index is 955. The number of benzene rings is 2. The van der Waals surface area contributed by atoms with Gasteiger partial charge in [-0.05, 0) is 78.2 Å². The maximum atomic E-state index is 10.5. The predicted molar refractivity (Wildman–Crippen MR) is 122 cm³/mol. The van der Waals surface area contributed by atoms with Crippen LogP contribution in [0.1, 0.15) is 66.4 Å². The molecule has 0 radical (unpaired) electrons. The summed E-state index contributed by atoms with van der Waals surface area (Å²) in [6.07, 6.45) is 1.59. The molecule has 2 saturated carbocycles. The molecule has 2 aromatic rings. The molecule has 4 N–H and O–H groups in total. The topological polar surface area (TPSA) is 90.2 Å². The second kappa shape index (κ2) is 8.71. The maximum absolute atomic E-state index is 10.5. The number of aliphatic hydroxyl groups is 4. The van der Waals surface area contributed by atoms with Gasteiger partial charge in [0.15, 0.2) is 0 Å². The number of hydrogen-bond donors (Lipinski definition) is 4. The summed E-state index contributed by atoms with van der Waals surface area (Å²) in [7, 11) is 0. The highest BCUT2D eigenvalue weighted by Gasteiger charge is 2.48. The van der Waals surface area contributed by atoms with Gasteiger partial charge in [-0.1, -0.05) is 48.0 Å². The third-order valence-corrected chi connectivity index (χ3v) is 8.16. The smallest absolute Gasteiger partial charge is 0.113 e. The van der Waals surface area contributed by atoms with Gasteiger partial charge in [0.2, 0.25) is 0 Å². The molecule has 2 aliphatic carbocycles. The Labute approximate surface area is 193 Å². The van der Waals surface area contributed by atoms with Crippen LogP contribution in [0.25, 0.3) is 0 Å². The van der Waals surface area contributed by atoms with Crippen molar-refractivity contribution < 1.29 is 25.2 Å². The second-order valence-electron chi connectivity index (χ2n) is 9.96. The van der Waals surface area contributed by atoms with E-state index in [4.69, 9.17) is 16.3 Å². The summed E-state index contributed by atoms with van der Waals surface area (Å²) in [6, 6.07) is 14.2. The molecule has 32 heavy (non-hydrogen) atoms. The van der Waals surface area contributed by atoms with Crippen molar-refractivity contribution in [1.82, 2.24) is 0 Å². The first-order valence-electron chi connectivity index (χ1n) is 11.6. The van der Waals surface area contributed by atoms with Gasteiger partial charge in [0.05, 0.1) is 6.61 Å². The average Bonchev–Trinajstić information content (AvgIpc) is 3.43. The average molecular weight is 459 g/mol. The fourth-order valence-electron chi connectivity index (χ4n) is 5.53. The lowest BCUT2D eigenvalue weighted by atomic mass is 9.90. The Morgan fingerprint density at radius 3 is 2.28 bits per heavy atom. The van der Waals surface area contributed by atoms with Gasteiger partial charge in [0.25, 0.3) is 0 Å². The molecular weight excluding hydrogens is 428 g/mol. The summed E-state index contributed by atoms with van der Waals surface area (Å²) in [4.78, 5) is 0. The van der Waals surface area contributed by atoms with Crippen molar-refractivity contribution >= 4 is 11.6 Å². The van der Waals surface area contributed by atoms with Gasteiger partial charge in [-0.2, -0.15) is 0 Å². The van der Waals surface area contributed by atoms with E-state index in [1.54, 1.807) is 12.1 Å². The largest absolute Gasteiger partial charge is 0.394 e. The first-order chi connectivity index (χ1) is 15.4. The highest BCUT2D eigenvalue weighted by Crippen LogP contribution is 2.61. The number of aliphatic hydroxyl groups excluding tert-OH is 4. The first-order valence-corrected chi connectivity index (χ1v) is 11.9.